The number of carbonyl (C=O) groups excluding carboxylic acids is 1. The monoisotopic (exact) mass is 321 g/mol. The van der Waals surface area contributed by atoms with Crippen molar-refractivity contribution >= 4 is 32.8 Å². The van der Waals surface area contributed by atoms with Crippen molar-refractivity contribution in [2.24, 2.45) is 0 Å². The van der Waals surface area contributed by atoms with E-state index in [1.807, 2.05) is 10.6 Å². The molecule has 0 amide bonds. The van der Waals surface area contributed by atoms with Gasteiger partial charge >= 0.3 is 5.97 Å². The molecule has 0 saturated heterocycles. The summed E-state index contributed by atoms with van der Waals surface area (Å²) in [7, 11) is 0. The Morgan fingerprint density at radius 1 is 1.47 bits per heavy atom. The number of nitrogens with zero attached hydrogens (tertiary/aromatic N) is 1. The standard InChI is InChI=1S/C14H12BrNO3/c1-2-19-14(18)11-7-16-4-3-8-5-9(15)6-10(12(8)16)13(11)17/h5-7H,2-4H2,1H3. The summed E-state index contributed by atoms with van der Waals surface area (Å²) in [4.78, 5) is 24.2. The Morgan fingerprint density at radius 3 is 3.00 bits per heavy atom. The normalized spacial score (nSPS) is 12.9. The highest BCUT2D eigenvalue weighted by Crippen LogP contribution is 2.28. The fraction of sp³-hybridized carbons (Fsp3) is 0.286. The summed E-state index contributed by atoms with van der Waals surface area (Å²) < 4.78 is 7.77. The Hall–Kier alpha value is -1.62. The molecule has 4 nitrogen and oxygen atoms in total. The summed E-state index contributed by atoms with van der Waals surface area (Å²) in [6.45, 7) is 2.78. The summed E-state index contributed by atoms with van der Waals surface area (Å²) in [5, 5.41) is 0.576. The van der Waals surface area contributed by atoms with E-state index in [4.69, 9.17) is 4.74 Å². The van der Waals surface area contributed by atoms with Crippen LogP contribution in [0.15, 0.2) is 27.6 Å². The van der Waals surface area contributed by atoms with Crippen molar-refractivity contribution in [2.75, 3.05) is 6.61 Å². The van der Waals surface area contributed by atoms with Crippen LogP contribution in [0.25, 0.3) is 10.9 Å². The van der Waals surface area contributed by atoms with Crippen LogP contribution >= 0.6 is 15.9 Å². The maximum atomic E-state index is 12.4. The van der Waals surface area contributed by atoms with Crippen LogP contribution in [0, 0.1) is 0 Å². The van der Waals surface area contributed by atoms with Crippen molar-refractivity contribution in [2.45, 2.75) is 19.9 Å². The highest BCUT2D eigenvalue weighted by atomic mass is 79.9. The minimum atomic E-state index is -0.549. The van der Waals surface area contributed by atoms with Gasteiger partial charge in [-0.3, -0.25) is 4.79 Å². The minimum absolute atomic E-state index is 0.111. The maximum absolute atomic E-state index is 12.4. The van der Waals surface area contributed by atoms with Crippen molar-refractivity contribution < 1.29 is 9.53 Å². The Balaban J connectivity index is 2.33. The number of benzene rings is 1. The number of hydrogen-bond donors (Lipinski definition) is 0. The van der Waals surface area contributed by atoms with Crippen LogP contribution in [0.5, 0.6) is 0 Å². The number of carbonyl (C=O) groups is 1. The number of aryl methyl sites for hydroxylation is 2. The van der Waals surface area contributed by atoms with Gasteiger partial charge in [-0.1, -0.05) is 15.9 Å². The van der Waals surface area contributed by atoms with Crippen molar-refractivity contribution in [1.29, 1.82) is 0 Å². The van der Waals surface area contributed by atoms with Gasteiger partial charge in [0.15, 0.2) is 0 Å². The largest absolute Gasteiger partial charge is 0.462 e. The zero-order valence-electron chi connectivity index (χ0n) is 10.4. The zero-order chi connectivity index (χ0) is 13.6. The van der Waals surface area contributed by atoms with Crippen LogP contribution in [0.3, 0.4) is 0 Å². The van der Waals surface area contributed by atoms with Crippen LogP contribution in [0.4, 0.5) is 0 Å². The molecule has 1 aromatic heterocycles. The van der Waals surface area contributed by atoms with E-state index in [1.54, 1.807) is 19.2 Å². The molecule has 0 N–H and O–H groups in total. The molecule has 0 radical (unpaired) electrons. The predicted molar refractivity (Wildman–Crippen MR) is 75.6 cm³/mol. The molecule has 5 heteroatoms. The second-order valence-corrected chi connectivity index (χ2v) is 5.41. The van der Waals surface area contributed by atoms with Crippen molar-refractivity contribution in [1.82, 2.24) is 4.57 Å². The molecule has 0 saturated carbocycles. The van der Waals surface area contributed by atoms with Gasteiger partial charge in [-0.15, -0.1) is 0 Å². The lowest BCUT2D eigenvalue weighted by atomic mass is 10.1. The summed E-state index contributed by atoms with van der Waals surface area (Å²) in [5.74, 6) is -0.549. The molecule has 1 aromatic carbocycles. The van der Waals surface area contributed by atoms with Gasteiger partial charge in [-0.25, -0.2) is 4.79 Å². The van der Waals surface area contributed by atoms with Crippen molar-refractivity contribution in [3.05, 3.63) is 44.2 Å². The third kappa shape index (κ3) is 1.89. The number of pyridine rings is 1. The second-order valence-electron chi connectivity index (χ2n) is 4.50. The number of esters is 1. The van der Waals surface area contributed by atoms with E-state index in [-0.39, 0.29) is 17.6 Å². The molecule has 98 valence electrons. The third-order valence-corrected chi connectivity index (χ3v) is 3.79. The topological polar surface area (TPSA) is 48.3 Å². The van der Waals surface area contributed by atoms with Gasteiger partial charge in [-0.2, -0.15) is 0 Å². The molecular weight excluding hydrogens is 310 g/mol. The molecule has 1 aliphatic heterocycles. The average molecular weight is 322 g/mol. The van der Waals surface area contributed by atoms with Crippen molar-refractivity contribution in [3.8, 4) is 0 Å². The Kier molecular flexibility index (Phi) is 2.93. The molecule has 1 aliphatic rings. The SMILES string of the molecule is CCOC(=O)c1cn2c3c(cc(Br)cc3c1=O)CC2. The van der Waals surface area contributed by atoms with Gasteiger partial charge in [0, 0.05) is 22.6 Å². The van der Waals surface area contributed by atoms with Gasteiger partial charge in [0.05, 0.1) is 12.1 Å². The van der Waals surface area contributed by atoms with Crippen LogP contribution in [-0.2, 0) is 17.7 Å². The van der Waals surface area contributed by atoms with Crippen LogP contribution in [0.1, 0.15) is 22.8 Å². The highest BCUT2D eigenvalue weighted by Gasteiger charge is 2.21. The molecule has 0 spiro atoms. The molecular formula is C14H12BrNO3. The van der Waals surface area contributed by atoms with Crippen molar-refractivity contribution in [3.63, 3.8) is 0 Å². The fourth-order valence-corrected chi connectivity index (χ4v) is 3.06. The maximum Gasteiger partial charge on any atom is 0.343 e. The molecule has 0 bridgehead atoms. The van der Waals surface area contributed by atoms with Crippen LogP contribution in [0.2, 0.25) is 0 Å². The molecule has 3 rings (SSSR count). The molecule has 2 heterocycles. The molecule has 19 heavy (non-hydrogen) atoms. The number of rotatable bonds is 2. The van der Waals surface area contributed by atoms with Gasteiger partial charge in [0.2, 0.25) is 5.43 Å². The van der Waals surface area contributed by atoms with E-state index in [0.717, 1.165) is 28.5 Å². The van der Waals surface area contributed by atoms with Gasteiger partial charge in [0.1, 0.15) is 5.56 Å². The lowest BCUT2D eigenvalue weighted by Crippen LogP contribution is -2.20. The molecule has 0 atom stereocenters. The quantitative estimate of drug-likeness (QED) is 0.798. The minimum Gasteiger partial charge on any atom is -0.462 e. The first-order chi connectivity index (χ1) is 9.11. The number of hydrogen-bond acceptors (Lipinski definition) is 3. The molecule has 0 aliphatic carbocycles. The number of halogens is 1. The first-order valence-electron chi connectivity index (χ1n) is 6.14. The van der Waals surface area contributed by atoms with Crippen LogP contribution in [-0.4, -0.2) is 17.1 Å². The predicted octanol–water partition coefficient (Wildman–Crippen LogP) is 2.50. The summed E-state index contributed by atoms with van der Waals surface area (Å²) in [6, 6.07) is 3.79. The van der Waals surface area contributed by atoms with Crippen LogP contribution < -0.4 is 5.43 Å². The Labute approximate surface area is 118 Å². The van der Waals surface area contributed by atoms with E-state index in [0.29, 0.717) is 5.39 Å². The number of aromatic nitrogens is 1. The third-order valence-electron chi connectivity index (χ3n) is 3.33. The van der Waals surface area contributed by atoms with Gasteiger partial charge in [0.25, 0.3) is 0 Å². The molecule has 2 aromatic rings. The highest BCUT2D eigenvalue weighted by molar-refractivity contribution is 9.10. The average Bonchev–Trinajstić information content (AvgIpc) is 2.77. The second kappa shape index (κ2) is 4.49. The Morgan fingerprint density at radius 2 is 2.26 bits per heavy atom. The summed E-state index contributed by atoms with van der Waals surface area (Å²) in [5.41, 5.74) is 1.92. The summed E-state index contributed by atoms with van der Waals surface area (Å²) >= 11 is 3.41. The van der Waals surface area contributed by atoms with Gasteiger partial charge < -0.3 is 9.30 Å². The fourth-order valence-electron chi connectivity index (χ4n) is 2.55. The Bertz CT molecular complexity index is 748. The zero-order valence-corrected chi connectivity index (χ0v) is 12.0. The summed E-state index contributed by atoms with van der Waals surface area (Å²) in [6.07, 6.45) is 2.49. The molecule has 0 unspecified atom stereocenters. The lowest BCUT2D eigenvalue weighted by molar-refractivity contribution is 0.0524. The van der Waals surface area contributed by atoms with E-state index in [2.05, 4.69) is 15.9 Å². The first-order valence-corrected chi connectivity index (χ1v) is 6.94. The van der Waals surface area contributed by atoms with Gasteiger partial charge in [-0.05, 0) is 31.0 Å². The van der Waals surface area contributed by atoms with E-state index < -0.39 is 5.97 Å². The van der Waals surface area contributed by atoms with E-state index in [1.165, 1.54) is 0 Å². The van der Waals surface area contributed by atoms with E-state index in [9.17, 15) is 9.59 Å². The lowest BCUT2D eigenvalue weighted by Gasteiger charge is -2.08. The van der Waals surface area contributed by atoms with E-state index >= 15 is 0 Å². The molecule has 0 fully saturated rings. The smallest absolute Gasteiger partial charge is 0.343 e. The number of ether oxygens (including phenoxy) is 1. The first kappa shape index (κ1) is 12.4.